The van der Waals surface area contributed by atoms with Gasteiger partial charge in [-0.15, -0.1) is 0 Å². The molecule has 21 heavy (non-hydrogen) atoms. The number of hydrogen-bond acceptors (Lipinski definition) is 3. The van der Waals surface area contributed by atoms with E-state index in [4.69, 9.17) is 0 Å². The van der Waals surface area contributed by atoms with Crippen LogP contribution >= 0.6 is 0 Å². The molecule has 1 aromatic carbocycles. The van der Waals surface area contributed by atoms with Crippen LogP contribution in [0, 0.1) is 0 Å². The summed E-state index contributed by atoms with van der Waals surface area (Å²) in [5, 5.41) is 2.65. The molecule has 118 valence electrons. The van der Waals surface area contributed by atoms with Gasteiger partial charge in [0.25, 0.3) is 0 Å². The summed E-state index contributed by atoms with van der Waals surface area (Å²) in [4.78, 5) is 0. The van der Waals surface area contributed by atoms with Gasteiger partial charge in [-0.25, -0.2) is 13.1 Å². The monoisotopic (exact) mass is 322 g/mol. The van der Waals surface area contributed by atoms with E-state index >= 15 is 0 Å². The molecule has 2 rings (SSSR count). The van der Waals surface area contributed by atoms with E-state index in [1.54, 1.807) is 0 Å². The summed E-state index contributed by atoms with van der Waals surface area (Å²) < 4.78 is 63.9. The Morgan fingerprint density at radius 2 is 1.71 bits per heavy atom. The minimum absolute atomic E-state index is 0.00436. The van der Waals surface area contributed by atoms with Crippen LogP contribution in [0.4, 0.5) is 13.2 Å². The molecule has 1 aliphatic rings. The highest BCUT2D eigenvalue weighted by Crippen LogP contribution is 2.29. The second kappa shape index (κ2) is 6.33. The van der Waals surface area contributed by atoms with Gasteiger partial charge in [0, 0.05) is 6.54 Å². The van der Waals surface area contributed by atoms with Crippen molar-refractivity contribution in [3.8, 4) is 0 Å². The molecule has 1 aromatic rings. The third-order valence-corrected chi connectivity index (χ3v) is 5.38. The first-order valence-corrected chi connectivity index (χ1v) is 8.19. The molecule has 0 saturated carbocycles. The first-order valence-electron chi connectivity index (χ1n) is 6.64. The average Bonchev–Trinajstić information content (AvgIpc) is 2.46. The summed E-state index contributed by atoms with van der Waals surface area (Å²) in [6, 6.07) is 4.48. The fourth-order valence-electron chi connectivity index (χ4n) is 2.22. The number of nitrogens with one attached hydrogen (secondary N) is 2. The molecule has 0 atom stereocenters. The molecule has 0 bridgehead atoms. The summed E-state index contributed by atoms with van der Waals surface area (Å²) in [6.07, 6.45) is -3.29. The third kappa shape index (κ3) is 4.42. The Labute approximate surface area is 121 Å². The van der Waals surface area contributed by atoms with Crippen LogP contribution in [0.1, 0.15) is 24.0 Å². The predicted octanol–water partition coefficient (Wildman–Crippen LogP) is 1.88. The van der Waals surface area contributed by atoms with Gasteiger partial charge in [-0.1, -0.05) is 12.1 Å². The van der Waals surface area contributed by atoms with E-state index in [0.717, 1.165) is 12.1 Å². The first-order chi connectivity index (χ1) is 9.79. The lowest BCUT2D eigenvalue weighted by atomic mass is 10.1. The lowest BCUT2D eigenvalue weighted by Crippen LogP contribution is -2.41. The van der Waals surface area contributed by atoms with Crippen molar-refractivity contribution in [2.45, 2.75) is 30.8 Å². The van der Waals surface area contributed by atoms with E-state index in [9.17, 15) is 21.6 Å². The molecule has 1 saturated heterocycles. The normalized spacial score (nSPS) is 17.9. The number of alkyl halides is 3. The van der Waals surface area contributed by atoms with Crippen molar-refractivity contribution in [1.29, 1.82) is 0 Å². The van der Waals surface area contributed by atoms with Crippen molar-refractivity contribution < 1.29 is 21.6 Å². The van der Waals surface area contributed by atoms with Crippen molar-refractivity contribution in [2.75, 3.05) is 13.1 Å². The largest absolute Gasteiger partial charge is 0.416 e. The summed E-state index contributed by atoms with van der Waals surface area (Å²) in [6.45, 7) is 1.32. The number of halogens is 3. The van der Waals surface area contributed by atoms with E-state index in [0.29, 0.717) is 31.5 Å². The lowest BCUT2D eigenvalue weighted by molar-refractivity contribution is -0.137. The molecule has 0 spiro atoms. The SMILES string of the molecule is O=S(=O)(NCc1ccc(C(F)(F)F)cc1)C1CCNCC1. The third-order valence-electron chi connectivity index (χ3n) is 3.48. The maximum absolute atomic E-state index is 12.4. The zero-order valence-corrected chi connectivity index (χ0v) is 12.1. The Kier molecular flexibility index (Phi) is 4.90. The highest BCUT2D eigenvalue weighted by molar-refractivity contribution is 7.90. The van der Waals surface area contributed by atoms with E-state index < -0.39 is 27.0 Å². The molecule has 4 nitrogen and oxygen atoms in total. The molecule has 1 fully saturated rings. The molecular formula is C13H17F3N2O2S. The molecule has 2 N–H and O–H groups in total. The smallest absolute Gasteiger partial charge is 0.317 e. The maximum Gasteiger partial charge on any atom is 0.416 e. The Bertz CT molecular complexity index is 564. The topological polar surface area (TPSA) is 58.2 Å². The molecule has 1 aliphatic heterocycles. The van der Waals surface area contributed by atoms with Crippen molar-refractivity contribution in [1.82, 2.24) is 10.0 Å². The van der Waals surface area contributed by atoms with Gasteiger partial charge in [-0.2, -0.15) is 13.2 Å². The Morgan fingerprint density at radius 1 is 1.14 bits per heavy atom. The summed E-state index contributed by atoms with van der Waals surface area (Å²) >= 11 is 0. The first kappa shape index (κ1) is 16.3. The second-order valence-electron chi connectivity index (χ2n) is 5.01. The van der Waals surface area contributed by atoms with Crippen LogP contribution in [0.2, 0.25) is 0 Å². The van der Waals surface area contributed by atoms with Crippen LogP contribution in [0.3, 0.4) is 0 Å². The zero-order chi connectivity index (χ0) is 15.5. The van der Waals surface area contributed by atoms with Gasteiger partial charge in [0.05, 0.1) is 10.8 Å². The van der Waals surface area contributed by atoms with Crippen LogP contribution in [0.25, 0.3) is 0 Å². The minimum atomic E-state index is -4.38. The summed E-state index contributed by atoms with van der Waals surface area (Å²) in [5.74, 6) is 0. The summed E-state index contributed by atoms with van der Waals surface area (Å²) in [7, 11) is -3.43. The number of sulfonamides is 1. The molecule has 0 unspecified atom stereocenters. The van der Waals surface area contributed by atoms with E-state index in [1.165, 1.54) is 12.1 Å². The van der Waals surface area contributed by atoms with Gasteiger partial charge < -0.3 is 5.32 Å². The van der Waals surface area contributed by atoms with E-state index in [1.807, 2.05) is 0 Å². The standard InChI is InChI=1S/C13H17F3N2O2S/c14-13(15,16)11-3-1-10(2-4-11)9-18-21(19,20)12-5-7-17-8-6-12/h1-4,12,17-18H,5-9H2. The molecule has 0 radical (unpaired) electrons. The van der Waals surface area contributed by atoms with Crippen LogP contribution in [0.15, 0.2) is 24.3 Å². The van der Waals surface area contributed by atoms with Crippen LogP contribution < -0.4 is 10.0 Å². The molecule has 0 aromatic heterocycles. The highest BCUT2D eigenvalue weighted by atomic mass is 32.2. The lowest BCUT2D eigenvalue weighted by Gasteiger charge is -2.22. The Morgan fingerprint density at radius 3 is 2.24 bits per heavy atom. The fraction of sp³-hybridized carbons (Fsp3) is 0.538. The molecular weight excluding hydrogens is 305 g/mol. The minimum Gasteiger partial charge on any atom is -0.317 e. The van der Waals surface area contributed by atoms with Crippen molar-refractivity contribution in [3.63, 3.8) is 0 Å². The fourth-order valence-corrected chi connectivity index (χ4v) is 3.68. The molecule has 0 amide bonds. The second-order valence-corrected chi connectivity index (χ2v) is 7.06. The van der Waals surface area contributed by atoms with Gasteiger partial charge in [0.2, 0.25) is 10.0 Å². The van der Waals surface area contributed by atoms with Crippen LogP contribution in [-0.4, -0.2) is 26.8 Å². The summed E-state index contributed by atoms with van der Waals surface area (Å²) in [5.41, 5.74) is -0.243. The molecule has 8 heteroatoms. The Hall–Kier alpha value is -1.12. The molecule has 1 heterocycles. The van der Waals surface area contributed by atoms with Gasteiger partial charge in [-0.3, -0.25) is 0 Å². The van der Waals surface area contributed by atoms with Gasteiger partial charge in [0.15, 0.2) is 0 Å². The maximum atomic E-state index is 12.4. The highest BCUT2D eigenvalue weighted by Gasteiger charge is 2.30. The quantitative estimate of drug-likeness (QED) is 0.890. The van der Waals surface area contributed by atoms with E-state index in [2.05, 4.69) is 10.0 Å². The van der Waals surface area contributed by atoms with Gasteiger partial charge in [0.1, 0.15) is 0 Å². The number of rotatable bonds is 4. The zero-order valence-electron chi connectivity index (χ0n) is 11.3. The van der Waals surface area contributed by atoms with Crippen LogP contribution in [-0.2, 0) is 22.7 Å². The predicted molar refractivity (Wildman–Crippen MR) is 73.1 cm³/mol. The van der Waals surface area contributed by atoms with Crippen molar-refractivity contribution in [3.05, 3.63) is 35.4 Å². The Balaban J connectivity index is 1.96. The average molecular weight is 322 g/mol. The number of hydrogen-bond donors (Lipinski definition) is 2. The number of piperidine rings is 1. The van der Waals surface area contributed by atoms with Crippen molar-refractivity contribution in [2.24, 2.45) is 0 Å². The van der Waals surface area contributed by atoms with Gasteiger partial charge in [-0.05, 0) is 43.6 Å². The van der Waals surface area contributed by atoms with Crippen LogP contribution in [0.5, 0.6) is 0 Å². The van der Waals surface area contributed by atoms with E-state index in [-0.39, 0.29) is 6.54 Å². The number of benzene rings is 1. The van der Waals surface area contributed by atoms with Gasteiger partial charge >= 0.3 is 6.18 Å². The van der Waals surface area contributed by atoms with Crippen molar-refractivity contribution >= 4 is 10.0 Å². The molecule has 0 aliphatic carbocycles.